The maximum Gasteiger partial charge on any atom is 0.0693 e. The van der Waals surface area contributed by atoms with Crippen molar-refractivity contribution in [1.29, 1.82) is 0 Å². The van der Waals surface area contributed by atoms with E-state index in [9.17, 15) is 10.2 Å². The lowest BCUT2D eigenvalue weighted by atomic mass is 9.91. The van der Waals surface area contributed by atoms with Gasteiger partial charge in [-0.3, -0.25) is 0 Å². The largest absolute Gasteiger partial charge is 0.395 e. The Bertz CT molecular complexity index is 173. The number of hydrogen-bond acceptors (Lipinski definition) is 3. The van der Waals surface area contributed by atoms with Gasteiger partial charge in [0.15, 0.2) is 0 Å². The van der Waals surface area contributed by atoms with Crippen LogP contribution in [0, 0.1) is 5.92 Å². The Morgan fingerprint density at radius 1 is 1.27 bits per heavy atom. The van der Waals surface area contributed by atoms with Gasteiger partial charge in [0.25, 0.3) is 0 Å². The van der Waals surface area contributed by atoms with E-state index in [0.29, 0.717) is 5.92 Å². The Morgan fingerprint density at radius 2 is 1.93 bits per heavy atom. The molecule has 0 aromatic carbocycles. The van der Waals surface area contributed by atoms with Crippen LogP contribution in [0.1, 0.15) is 46.0 Å². The fraction of sp³-hybridized carbons (Fsp3) is 1.00. The summed E-state index contributed by atoms with van der Waals surface area (Å²) in [6, 6.07) is 0.331. The first-order valence-electron chi connectivity index (χ1n) is 6.18. The van der Waals surface area contributed by atoms with Crippen LogP contribution >= 0.6 is 0 Å². The molecular weight excluding hydrogens is 190 g/mol. The van der Waals surface area contributed by atoms with Crippen LogP contribution in [-0.4, -0.2) is 35.0 Å². The molecule has 0 aromatic rings. The predicted molar refractivity (Wildman–Crippen MR) is 61.7 cm³/mol. The zero-order chi connectivity index (χ0) is 11.3. The molecule has 1 rings (SSSR count). The zero-order valence-electron chi connectivity index (χ0n) is 9.95. The van der Waals surface area contributed by atoms with E-state index in [4.69, 9.17) is 0 Å². The molecule has 1 aliphatic rings. The smallest absolute Gasteiger partial charge is 0.0693 e. The van der Waals surface area contributed by atoms with Gasteiger partial charge in [-0.25, -0.2) is 0 Å². The van der Waals surface area contributed by atoms with Gasteiger partial charge >= 0.3 is 0 Å². The molecule has 0 bridgehead atoms. The Kier molecular flexibility index (Phi) is 5.58. The first kappa shape index (κ1) is 12.9. The zero-order valence-corrected chi connectivity index (χ0v) is 9.95. The van der Waals surface area contributed by atoms with Crippen molar-refractivity contribution in [2.45, 2.75) is 64.1 Å². The van der Waals surface area contributed by atoms with E-state index in [0.717, 1.165) is 25.7 Å². The van der Waals surface area contributed by atoms with E-state index in [-0.39, 0.29) is 24.8 Å². The molecule has 15 heavy (non-hydrogen) atoms. The molecule has 90 valence electrons. The van der Waals surface area contributed by atoms with E-state index >= 15 is 0 Å². The van der Waals surface area contributed by atoms with Crippen LogP contribution in [0.5, 0.6) is 0 Å². The predicted octanol–water partition coefficient (Wildman–Crippen LogP) is 1.29. The van der Waals surface area contributed by atoms with Crippen LogP contribution < -0.4 is 5.32 Å². The summed E-state index contributed by atoms with van der Waals surface area (Å²) in [6.07, 6.45) is 5.01. The molecule has 0 amide bonds. The van der Waals surface area contributed by atoms with E-state index in [2.05, 4.69) is 19.2 Å². The summed E-state index contributed by atoms with van der Waals surface area (Å²) in [5.41, 5.74) is 0. The molecule has 1 unspecified atom stereocenters. The third-order valence-corrected chi connectivity index (χ3v) is 3.16. The van der Waals surface area contributed by atoms with Gasteiger partial charge in [0.05, 0.1) is 12.7 Å². The fourth-order valence-corrected chi connectivity index (χ4v) is 2.37. The van der Waals surface area contributed by atoms with E-state index in [1.807, 2.05) is 0 Å². The minimum atomic E-state index is -0.222. The molecule has 3 heteroatoms. The molecule has 0 spiro atoms. The van der Waals surface area contributed by atoms with Crippen molar-refractivity contribution in [3.8, 4) is 0 Å². The molecule has 0 heterocycles. The molecule has 1 saturated carbocycles. The van der Waals surface area contributed by atoms with Crippen LogP contribution in [-0.2, 0) is 0 Å². The first-order chi connectivity index (χ1) is 7.13. The monoisotopic (exact) mass is 215 g/mol. The fourth-order valence-electron chi connectivity index (χ4n) is 2.37. The van der Waals surface area contributed by atoms with Crippen LogP contribution in [0.25, 0.3) is 0 Å². The second-order valence-electron chi connectivity index (χ2n) is 5.13. The summed E-state index contributed by atoms with van der Waals surface area (Å²) in [7, 11) is 0. The highest BCUT2D eigenvalue weighted by molar-refractivity contribution is 4.83. The highest BCUT2D eigenvalue weighted by Gasteiger charge is 2.25. The Labute approximate surface area is 92.9 Å². The Hall–Kier alpha value is -0.120. The maximum atomic E-state index is 9.80. The van der Waals surface area contributed by atoms with Crippen LogP contribution in [0.15, 0.2) is 0 Å². The van der Waals surface area contributed by atoms with Gasteiger partial charge in [-0.2, -0.15) is 0 Å². The van der Waals surface area contributed by atoms with Crippen molar-refractivity contribution >= 4 is 0 Å². The Balaban J connectivity index is 2.35. The van der Waals surface area contributed by atoms with E-state index < -0.39 is 0 Å². The molecule has 3 N–H and O–H groups in total. The molecule has 3 atom stereocenters. The maximum absolute atomic E-state index is 9.80. The average molecular weight is 215 g/mol. The number of hydrogen-bond donors (Lipinski definition) is 3. The average Bonchev–Trinajstić information content (AvgIpc) is 2.19. The molecule has 0 aromatic heterocycles. The summed E-state index contributed by atoms with van der Waals surface area (Å²) in [6.45, 7) is 4.48. The second-order valence-corrected chi connectivity index (χ2v) is 5.13. The summed E-state index contributed by atoms with van der Waals surface area (Å²) >= 11 is 0. The van der Waals surface area contributed by atoms with Gasteiger partial charge in [-0.05, 0) is 25.2 Å². The summed E-state index contributed by atoms with van der Waals surface area (Å²) in [4.78, 5) is 0. The van der Waals surface area contributed by atoms with Gasteiger partial charge in [-0.15, -0.1) is 0 Å². The van der Waals surface area contributed by atoms with Crippen molar-refractivity contribution in [3.63, 3.8) is 0 Å². The third kappa shape index (κ3) is 4.49. The molecule has 0 radical (unpaired) electrons. The minimum Gasteiger partial charge on any atom is -0.395 e. The number of rotatable bonds is 5. The number of aliphatic hydroxyl groups excluding tert-OH is 2. The van der Waals surface area contributed by atoms with Gasteiger partial charge in [0.2, 0.25) is 0 Å². The van der Waals surface area contributed by atoms with Crippen molar-refractivity contribution in [2.24, 2.45) is 5.92 Å². The standard InChI is InChI=1S/C12H25NO2/c1-9(2)7-10(8-14)13-11-5-3-4-6-12(11)15/h9-15H,3-8H2,1-2H3/t10?,11-,12-/m1/s1. The quantitative estimate of drug-likeness (QED) is 0.647. The summed E-state index contributed by atoms with van der Waals surface area (Å²) < 4.78 is 0. The molecular formula is C12H25NO2. The summed E-state index contributed by atoms with van der Waals surface area (Å²) in [5.74, 6) is 0.579. The molecule has 1 fully saturated rings. The van der Waals surface area contributed by atoms with Crippen molar-refractivity contribution in [1.82, 2.24) is 5.32 Å². The van der Waals surface area contributed by atoms with Gasteiger partial charge in [0, 0.05) is 12.1 Å². The van der Waals surface area contributed by atoms with E-state index in [1.54, 1.807) is 0 Å². The van der Waals surface area contributed by atoms with Crippen molar-refractivity contribution < 1.29 is 10.2 Å². The Morgan fingerprint density at radius 3 is 2.47 bits per heavy atom. The van der Waals surface area contributed by atoms with Gasteiger partial charge < -0.3 is 15.5 Å². The number of aliphatic hydroxyl groups is 2. The third-order valence-electron chi connectivity index (χ3n) is 3.16. The molecule has 0 aliphatic heterocycles. The molecule has 3 nitrogen and oxygen atoms in total. The lowest BCUT2D eigenvalue weighted by Crippen LogP contribution is -2.48. The topological polar surface area (TPSA) is 52.5 Å². The SMILES string of the molecule is CC(C)CC(CO)N[C@@H]1CCCC[C@H]1O. The molecule has 0 saturated heterocycles. The highest BCUT2D eigenvalue weighted by Crippen LogP contribution is 2.19. The normalized spacial score (nSPS) is 29.4. The van der Waals surface area contributed by atoms with Crippen LogP contribution in [0.3, 0.4) is 0 Å². The van der Waals surface area contributed by atoms with Crippen LogP contribution in [0.2, 0.25) is 0 Å². The van der Waals surface area contributed by atoms with Gasteiger partial charge in [-0.1, -0.05) is 26.7 Å². The van der Waals surface area contributed by atoms with E-state index in [1.165, 1.54) is 6.42 Å². The summed E-state index contributed by atoms with van der Waals surface area (Å²) in [5, 5.41) is 22.4. The first-order valence-corrected chi connectivity index (χ1v) is 6.18. The second kappa shape index (κ2) is 6.46. The van der Waals surface area contributed by atoms with Crippen molar-refractivity contribution in [3.05, 3.63) is 0 Å². The molecule has 1 aliphatic carbocycles. The lowest BCUT2D eigenvalue weighted by molar-refractivity contribution is 0.0758. The van der Waals surface area contributed by atoms with Gasteiger partial charge in [0.1, 0.15) is 0 Å². The minimum absolute atomic E-state index is 0.141. The number of nitrogens with one attached hydrogen (secondary N) is 1. The lowest BCUT2D eigenvalue weighted by Gasteiger charge is -2.32. The van der Waals surface area contributed by atoms with Crippen LogP contribution in [0.4, 0.5) is 0 Å². The van der Waals surface area contributed by atoms with Crippen molar-refractivity contribution in [2.75, 3.05) is 6.61 Å². The highest BCUT2D eigenvalue weighted by atomic mass is 16.3.